The van der Waals surface area contributed by atoms with Crippen molar-refractivity contribution in [3.05, 3.63) is 47.3 Å². The number of hydrogen-bond donors (Lipinski definition) is 2. The molecule has 0 aliphatic heterocycles. The number of benzene rings is 1. The SMILES string of the molecule is CNC(C(=O)Nc1nnc(-c2ccc(C)cc2C)s1)c1cnn(C)c1. The molecule has 0 saturated carbocycles. The van der Waals surface area contributed by atoms with Crippen LogP contribution >= 0.6 is 11.3 Å². The Bertz CT molecular complexity index is 900. The highest BCUT2D eigenvalue weighted by Crippen LogP contribution is 2.29. The van der Waals surface area contributed by atoms with Crippen LogP contribution in [0.25, 0.3) is 10.6 Å². The van der Waals surface area contributed by atoms with Gasteiger partial charge < -0.3 is 5.32 Å². The van der Waals surface area contributed by atoms with E-state index in [4.69, 9.17) is 0 Å². The van der Waals surface area contributed by atoms with Crippen LogP contribution in [0.15, 0.2) is 30.6 Å². The van der Waals surface area contributed by atoms with E-state index in [1.165, 1.54) is 16.9 Å². The van der Waals surface area contributed by atoms with Gasteiger partial charge in [-0.05, 0) is 26.5 Å². The summed E-state index contributed by atoms with van der Waals surface area (Å²) in [6.45, 7) is 4.10. The first kappa shape index (κ1) is 17.2. The largest absolute Gasteiger partial charge is 0.305 e. The minimum atomic E-state index is -0.498. The molecule has 2 N–H and O–H groups in total. The van der Waals surface area contributed by atoms with Crippen molar-refractivity contribution in [1.82, 2.24) is 25.3 Å². The summed E-state index contributed by atoms with van der Waals surface area (Å²) in [6.07, 6.45) is 3.48. The second kappa shape index (κ2) is 7.12. The summed E-state index contributed by atoms with van der Waals surface area (Å²) in [5.74, 6) is -0.196. The molecule has 1 aromatic carbocycles. The molecular weight excluding hydrogens is 336 g/mol. The second-order valence-electron chi connectivity index (χ2n) is 5.89. The molecule has 7 nitrogen and oxygen atoms in total. The predicted molar refractivity (Wildman–Crippen MR) is 98.5 cm³/mol. The van der Waals surface area contributed by atoms with Crippen molar-refractivity contribution in [2.75, 3.05) is 12.4 Å². The molecule has 1 atom stereocenters. The lowest BCUT2D eigenvalue weighted by Gasteiger charge is -2.12. The predicted octanol–water partition coefficient (Wildman–Crippen LogP) is 2.45. The highest BCUT2D eigenvalue weighted by atomic mass is 32.1. The summed E-state index contributed by atoms with van der Waals surface area (Å²) < 4.78 is 1.66. The number of nitrogens with one attached hydrogen (secondary N) is 2. The van der Waals surface area contributed by atoms with E-state index in [-0.39, 0.29) is 5.91 Å². The molecule has 25 heavy (non-hydrogen) atoms. The minimum Gasteiger partial charge on any atom is -0.305 e. The summed E-state index contributed by atoms with van der Waals surface area (Å²) in [5.41, 5.74) is 4.16. The fourth-order valence-corrected chi connectivity index (χ4v) is 3.49. The number of hydrogen-bond acceptors (Lipinski definition) is 6. The van der Waals surface area contributed by atoms with E-state index >= 15 is 0 Å². The van der Waals surface area contributed by atoms with E-state index in [9.17, 15) is 4.79 Å². The number of aryl methyl sites for hydroxylation is 3. The third-order valence-electron chi connectivity index (χ3n) is 3.88. The van der Waals surface area contributed by atoms with Gasteiger partial charge in [-0.2, -0.15) is 5.10 Å². The van der Waals surface area contributed by atoms with Gasteiger partial charge in [0.15, 0.2) is 0 Å². The van der Waals surface area contributed by atoms with E-state index in [2.05, 4.69) is 38.9 Å². The number of carbonyl (C=O) groups excluding carboxylic acids is 1. The van der Waals surface area contributed by atoms with Gasteiger partial charge in [-0.15, -0.1) is 10.2 Å². The molecule has 0 radical (unpaired) electrons. The van der Waals surface area contributed by atoms with E-state index in [0.29, 0.717) is 5.13 Å². The summed E-state index contributed by atoms with van der Waals surface area (Å²) in [7, 11) is 3.55. The standard InChI is InChI=1S/C17H20N6OS/c1-10-5-6-13(11(2)7-10)16-21-22-17(25-16)20-15(24)14(18-3)12-8-19-23(4)9-12/h5-9,14,18H,1-4H3,(H,20,22,24). The highest BCUT2D eigenvalue weighted by molar-refractivity contribution is 7.18. The molecular formula is C17H20N6OS. The maximum Gasteiger partial charge on any atom is 0.248 e. The monoisotopic (exact) mass is 356 g/mol. The number of likely N-dealkylation sites (N-methyl/N-ethyl adjacent to an activating group) is 1. The Morgan fingerprint density at radius 1 is 1.28 bits per heavy atom. The van der Waals surface area contributed by atoms with Crippen LogP contribution in [0.2, 0.25) is 0 Å². The zero-order valence-electron chi connectivity index (χ0n) is 14.6. The van der Waals surface area contributed by atoms with Crippen LogP contribution in [0.3, 0.4) is 0 Å². The Hall–Kier alpha value is -2.58. The van der Waals surface area contributed by atoms with Crippen LogP contribution in [0.4, 0.5) is 5.13 Å². The van der Waals surface area contributed by atoms with Gasteiger partial charge in [-0.1, -0.05) is 35.1 Å². The summed E-state index contributed by atoms with van der Waals surface area (Å²) >= 11 is 1.36. The minimum absolute atomic E-state index is 0.196. The molecule has 1 amide bonds. The van der Waals surface area contributed by atoms with Crippen molar-refractivity contribution in [3.63, 3.8) is 0 Å². The number of aromatic nitrogens is 4. The number of nitrogens with zero attached hydrogens (tertiary/aromatic N) is 4. The zero-order valence-corrected chi connectivity index (χ0v) is 15.4. The fraction of sp³-hybridized carbons (Fsp3) is 0.294. The van der Waals surface area contributed by atoms with E-state index in [1.54, 1.807) is 17.9 Å². The smallest absolute Gasteiger partial charge is 0.248 e. The molecule has 0 spiro atoms. The summed E-state index contributed by atoms with van der Waals surface area (Å²) in [5, 5.41) is 19.5. The van der Waals surface area contributed by atoms with Gasteiger partial charge in [0.05, 0.1) is 6.20 Å². The molecule has 0 bridgehead atoms. The van der Waals surface area contributed by atoms with Crippen LogP contribution < -0.4 is 10.6 Å². The molecule has 8 heteroatoms. The first-order chi connectivity index (χ1) is 12.0. The molecule has 2 heterocycles. The average Bonchev–Trinajstić information content (AvgIpc) is 3.18. The van der Waals surface area contributed by atoms with Crippen LogP contribution in [0.5, 0.6) is 0 Å². The molecule has 0 saturated heterocycles. The Morgan fingerprint density at radius 2 is 2.08 bits per heavy atom. The molecule has 0 aliphatic rings. The second-order valence-corrected chi connectivity index (χ2v) is 6.87. The van der Waals surface area contributed by atoms with Gasteiger partial charge in [-0.25, -0.2) is 0 Å². The molecule has 2 aromatic heterocycles. The average molecular weight is 356 g/mol. The van der Waals surface area contributed by atoms with Crippen molar-refractivity contribution in [3.8, 4) is 10.6 Å². The third-order valence-corrected chi connectivity index (χ3v) is 4.75. The molecule has 1 unspecified atom stereocenters. The quantitative estimate of drug-likeness (QED) is 0.733. The Labute approximate surface area is 150 Å². The van der Waals surface area contributed by atoms with Gasteiger partial charge in [0.2, 0.25) is 11.0 Å². The lowest BCUT2D eigenvalue weighted by atomic mass is 10.1. The van der Waals surface area contributed by atoms with Crippen LogP contribution in [0.1, 0.15) is 22.7 Å². The van der Waals surface area contributed by atoms with Gasteiger partial charge in [0.1, 0.15) is 11.0 Å². The fourth-order valence-electron chi connectivity index (χ4n) is 2.65. The number of rotatable bonds is 5. The summed E-state index contributed by atoms with van der Waals surface area (Å²) in [4.78, 5) is 12.5. The van der Waals surface area contributed by atoms with Crippen molar-refractivity contribution in [2.24, 2.45) is 7.05 Å². The van der Waals surface area contributed by atoms with Crippen LogP contribution in [-0.4, -0.2) is 32.9 Å². The maximum absolute atomic E-state index is 12.5. The van der Waals surface area contributed by atoms with Crippen LogP contribution in [-0.2, 0) is 11.8 Å². The van der Waals surface area contributed by atoms with E-state index < -0.39 is 6.04 Å². The van der Waals surface area contributed by atoms with Crippen molar-refractivity contribution in [2.45, 2.75) is 19.9 Å². The Morgan fingerprint density at radius 3 is 2.72 bits per heavy atom. The van der Waals surface area contributed by atoms with Crippen molar-refractivity contribution in [1.29, 1.82) is 0 Å². The van der Waals surface area contributed by atoms with Gasteiger partial charge in [-0.3, -0.25) is 14.8 Å². The van der Waals surface area contributed by atoms with Crippen LogP contribution in [0, 0.1) is 13.8 Å². The summed E-state index contributed by atoms with van der Waals surface area (Å²) in [6, 6.07) is 5.68. The molecule has 0 aliphatic carbocycles. The topological polar surface area (TPSA) is 84.7 Å². The van der Waals surface area contributed by atoms with Gasteiger partial charge in [0, 0.05) is 24.4 Å². The maximum atomic E-state index is 12.5. The van der Waals surface area contributed by atoms with Gasteiger partial charge >= 0.3 is 0 Å². The third kappa shape index (κ3) is 3.75. The molecule has 3 aromatic rings. The van der Waals surface area contributed by atoms with Crippen molar-refractivity contribution >= 4 is 22.4 Å². The lowest BCUT2D eigenvalue weighted by molar-refractivity contribution is -0.118. The first-order valence-corrected chi connectivity index (χ1v) is 8.67. The normalized spacial score (nSPS) is 12.2. The zero-order chi connectivity index (χ0) is 18.0. The molecule has 0 fully saturated rings. The van der Waals surface area contributed by atoms with E-state index in [1.807, 2.05) is 32.3 Å². The Kier molecular flexibility index (Phi) is 4.91. The Balaban J connectivity index is 1.77. The number of anilines is 1. The van der Waals surface area contributed by atoms with Crippen molar-refractivity contribution < 1.29 is 4.79 Å². The first-order valence-electron chi connectivity index (χ1n) is 7.85. The lowest BCUT2D eigenvalue weighted by Crippen LogP contribution is -2.30. The number of carbonyl (C=O) groups is 1. The molecule has 3 rings (SSSR count). The molecule has 130 valence electrons. The van der Waals surface area contributed by atoms with E-state index in [0.717, 1.165) is 21.7 Å². The number of amides is 1. The van der Waals surface area contributed by atoms with Gasteiger partial charge in [0.25, 0.3) is 0 Å². The highest BCUT2D eigenvalue weighted by Gasteiger charge is 2.21.